The first-order valence-electron chi connectivity index (χ1n) is 6.09. The molecule has 0 aliphatic rings. The Morgan fingerprint density at radius 3 is 2.53 bits per heavy atom. The number of benzene rings is 1. The van der Waals surface area contributed by atoms with E-state index < -0.39 is 0 Å². The van der Waals surface area contributed by atoms with Gasteiger partial charge in [0.25, 0.3) is 0 Å². The fraction of sp³-hybridized carbons (Fsp3) is 0.385. The van der Waals surface area contributed by atoms with Crippen molar-refractivity contribution in [1.29, 1.82) is 0 Å². The maximum absolute atomic E-state index is 11.5. The summed E-state index contributed by atoms with van der Waals surface area (Å²) < 4.78 is 4.83. The highest BCUT2D eigenvalue weighted by Crippen LogP contribution is 2.15. The minimum atomic E-state index is -0.273. The summed E-state index contributed by atoms with van der Waals surface area (Å²) in [6.45, 7) is 2.77. The van der Waals surface area contributed by atoms with Crippen molar-refractivity contribution in [3.8, 4) is 0 Å². The Kier molecular flexibility index (Phi) is 6.38. The second-order valence-corrected chi connectivity index (χ2v) is 3.86. The zero-order valence-electron chi connectivity index (χ0n) is 11.2. The Balaban J connectivity index is 2.56. The van der Waals surface area contributed by atoms with Crippen LogP contribution >= 0.6 is 0 Å². The van der Waals surface area contributed by atoms with Crippen LogP contribution in [0.4, 0.5) is 16.2 Å². The van der Waals surface area contributed by atoms with Gasteiger partial charge in [0.15, 0.2) is 0 Å². The molecule has 104 valence electrons. The normalized spacial score (nSPS) is 9.79. The molecule has 3 amide bonds. The van der Waals surface area contributed by atoms with Crippen molar-refractivity contribution in [2.75, 3.05) is 30.9 Å². The third kappa shape index (κ3) is 5.87. The Hall–Kier alpha value is -2.08. The monoisotopic (exact) mass is 265 g/mol. The van der Waals surface area contributed by atoms with E-state index in [1.54, 1.807) is 31.4 Å². The molecule has 0 saturated heterocycles. The van der Waals surface area contributed by atoms with E-state index in [4.69, 9.17) is 4.74 Å². The summed E-state index contributed by atoms with van der Waals surface area (Å²) in [6.07, 6.45) is 0.296. The first-order valence-corrected chi connectivity index (χ1v) is 6.09. The summed E-state index contributed by atoms with van der Waals surface area (Å²) in [7, 11) is 1.55. The number of carbonyl (C=O) groups excluding carboxylic acids is 2. The zero-order chi connectivity index (χ0) is 14.1. The van der Waals surface area contributed by atoms with Crippen LogP contribution < -0.4 is 16.0 Å². The van der Waals surface area contributed by atoms with Gasteiger partial charge < -0.3 is 20.7 Å². The summed E-state index contributed by atoms with van der Waals surface area (Å²) >= 11 is 0. The van der Waals surface area contributed by atoms with Crippen molar-refractivity contribution in [2.45, 2.75) is 13.3 Å². The lowest BCUT2D eigenvalue weighted by molar-refractivity contribution is -0.117. The molecular formula is C13H19N3O3. The molecule has 0 aromatic heterocycles. The summed E-state index contributed by atoms with van der Waals surface area (Å²) in [5.74, 6) is -0.128. The number of amides is 3. The molecule has 0 bridgehead atoms. The molecule has 6 heteroatoms. The van der Waals surface area contributed by atoms with Gasteiger partial charge in [-0.15, -0.1) is 0 Å². The van der Waals surface area contributed by atoms with Crippen molar-refractivity contribution in [1.82, 2.24) is 5.32 Å². The van der Waals surface area contributed by atoms with Crippen LogP contribution in [0.1, 0.15) is 13.3 Å². The van der Waals surface area contributed by atoms with Crippen molar-refractivity contribution in [2.24, 2.45) is 0 Å². The first kappa shape index (κ1) is 15.0. The van der Waals surface area contributed by atoms with Crippen LogP contribution in [0.2, 0.25) is 0 Å². The number of carbonyl (C=O) groups is 2. The number of rotatable bonds is 6. The maximum Gasteiger partial charge on any atom is 0.319 e. The number of urea groups is 1. The lowest BCUT2D eigenvalue weighted by atomic mass is 10.2. The van der Waals surface area contributed by atoms with Crippen molar-refractivity contribution in [3.63, 3.8) is 0 Å². The van der Waals surface area contributed by atoms with E-state index in [1.165, 1.54) is 0 Å². The van der Waals surface area contributed by atoms with Gasteiger partial charge in [-0.3, -0.25) is 4.79 Å². The van der Waals surface area contributed by atoms with Crippen molar-refractivity contribution >= 4 is 23.3 Å². The predicted molar refractivity (Wildman–Crippen MR) is 74.3 cm³/mol. The molecular weight excluding hydrogens is 246 g/mol. The molecule has 0 heterocycles. The first-order chi connectivity index (χ1) is 9.15. The van der Waals surface area contributed by atoms with Crippen LogP contribution in [0.5, 0.6) is 0 Å². The molecule has 0 atom stereocenters. The van der Waals surface area contributed by atoms with Gasteiger partial charge in [-0.1, -0.05) is 6.07 Å². The quantitative estimate of drug-likeness (QED) is 0.733. The highest BCUT2D eigenvalue weighted by molar-refractivity contribution is 5.93. The second kappa shape index (κ2) is 8.10. The molecule has 0 radical (unpaired) electrons. The van der Waals surface area contributed by atoms with Crippen LogP contribution in [0.3, 0.4) is 0 Å². The molecule has 0 fully saturated rings. The Bertz CT molecular complexity index is 435. The zero-order valence-corrected chi connectivity index (χ0v) is 11.2. The van der Waals surface area contributed by atoms with Gasteiger partial charge in [0.1, 0.15) is 0 Å². The van der Waals surface area contributed by atoms with E-state index in [2.05, 4.69) is 16.0 Å². The smallest absolute Gasteiger partial charge is 0.319 e. The number of hydrogen-bond donors (Lipinski definition) is 3. The molecule has 3 N–H and O–H groups in total. The Morgan fingerprint density at radius 1 is 1.21 bits per heavy atom. The fourth-order valence-electron chi connectivity index (χ4n) is 1.43. The van der Waals surface area contributed by atoms with E-state index in [-0.39, 0.29) is 11.9 Å². The second-order valence-electron chi connectivity index (χ2n) is 3.86. The van der Waals surface area contributed by atoms with Gasteiger partial charge in [-0.2, -0.15) is 0 Å². The molecule has 6 nitrogen and oxygen atoms in total. The average molecular weight is 265 g/mol. The summed E-state index contributed by atoms with van der Waals surface area (Å²) in [4.78, 5) is 22.9. The highest BCUT2D eigenvalue weighted by Gasteiger charge is 2.04. The topological polar surface area (TPSA) is 79.5 Å². The standard InChI is InChI=1S/C13H19N3O3/c1-3-14-13(18)16-11-6-4-5-10(9-11)15-12(17)7-8-19-2/h4-6,9H,3,7-8H2,1-2H3,(H,15,17)(H2,14,16,18). The third-order valence-electron chi connectivity index (χ3n) is 2.27. The van der Waals surface area contributed by atoms with Gasteiger partial charge in [-0.25, -0.2) is 4.79 Å². The SMILES string of the molecule is CCNC(=O)Nc1cccc(NC(=O)CCOC)c1. The van der Waals surface area contributed by atoms with Crippen molar-refractivity contribution in [3.05, 3.63) is 24.3 Å². The molecule has 0 spiro atoms. The number of hydrogen-bond acceptors (Lipinski definition) is 3. The van der Waals surface area contributed by atoms with Gasteiger partial charge in [0.2, 0.25) is 5.91 Å². The molecule has 1 aromatic carbocycles. The number of ether oxygens (including phenoxy) is 1. The van der Waals surface area contributed by atoms with Crippen LogP contribution in [0.25, 0.3) is 0 Å². The van der Waals surface area contributed by atoms with Crippen LogP contribution in [-0.2, 0) is 9.53 Å². The summed E-state index contributed by atoms with van der Waals surface area (Å²) in [5, 5.41) is 8.03. The van der Waals surface area contributed by atoms with E-state index in [0.29, 0.717) is 30.9 Å². The predicted octanol–water partition coefficient (Wildman–Crippen LogP) is 1.80. The van der Waals surface area contributed by atoms with Gasteiger partial charge in [0, 0.05) is 25.0 Å². The number of methoxy groups -OCH3 is 1. The van der Waals surface area contributed by atoms with E-state index in [1.807, 2.05) is 6.92 Å². The largest absolute Gasteiger partial charge is 0.384 e. The molecule has 1 rings (SSSR count). The minimum Gasteiger partial charge on any atom is -0.384 e. The number of nitrogens with one attached hydrogen (secondary N) is 3. The Labute approximate surface area is 112 Å². The molecule has 1 aromatic rings. The molecule has 0 saturated carbocycles. The van der Waals surface area contributed by atoms with Gasteiger partial charge in [0.05, 0.1) is 13.0 Å². The van der Waals surface area contributed by atoms with E-state index in [0.717, 1.165) is 0 Å². The van der Waals surface area contributed by atoms with Gasteiger partial charge in [-0.05, 0) is 25.1 Å². The fourth-order valence-corrected chi connectivity index (χ4v) is 1.43. The van der Waals surface area contributed by atoms with Crippen LogP contribution in [0, 0.1) is 0 Å². The van der Waals surface area contributed by atoms with E-state index in [9.17, 15) is 9.59 Å². The van der Waals surface area contributed by atoms with Crippen molar-refractivity contribution < 1.29 is 14.3 Å². The summed E-state index contributed by atoms with van der Waals surface area (Å²) in [5.41, 5.74) is 1.26. The van der Waals surface area contributed by atoms with E-state index >= 15 is 0 Å². The van der Waals surface area contributed by atoms with Gasteiger partial charge >= 0.3 is 6.03 Å². The lowest BCUT2D eigenvalue weighted by Crippen LogP contribution is -2.28. The van der Waals surface area contributed by atoms with Crippen LogP contribution in [-0.4, -0.2) is 32.2 Å². The molecule has 0 unspecified atom stereocenters. The molecule has 19 heavy (non-hydrogen) atoms. The summed E-state index contributed by atoms with van der Waals surface area (Å²) in [6, 6.07) is 6.69. The Morgan fingerprint density at radius 2 is 1.89 bits per heavy atom. The molecule has 0 aliphatic heterocycles. The third-order valence-corrected chi connectivity index (χ3v) is 2.27. The number of anilines is 2. The highest BCUT2D eigenvalue weighted by atomic mass is 16.5. The average Bonchev–Trinajstić information content (AvgIpc) is 2.37. The lowest BCUT2D eigenvalue weighted by Gasteiger charge is -2.09. The molecule has 0 aliphatic carbocycles. The maximum atomic E-state index is 11.5. The van der Waals surface area contributed by atoms with Crippen LogP contribution in [0.15, 0.2) is 24.3 Å². The minimum absolute atomic E-state index is 0.128.